The lowest BCUT2D eigenvalue weighted by Crippen LogP contribution is -2.13. The average molecular weight is 295 g/mol. The molecule has 1 aliphatic rings. The predicted octanol–water partition coefficient (Wildman–Crippen LogP) is 2.98. The first-order valence-electron chi connectivity index (χ1n) is 5.51. The summed E-state index contributed by atoms with van der Waals surface area (Å²) in [5, 5.41) is 0. The maximum atomic E-state index is 11.8. The lowest BCUT2D eigenvalue weighted by Gasteiger charge is -2.04. The summed E-state index contributed by atoms with van der Waals surface area (Å²) in [5.41, 5.74) is 1.58. The summed E-state index contributed by atoms with van der Waals surface area (Å²) in [6.45, 7) is 1.86. The van der Waals surface area contributed by atoms with Crippen LogP contribution in [0.25, 0.3) is 11.4 Å². The summed E-state index contributed by atoms with van der Waals surface area (Å²) < 4.78 is 5.79. The molecular weight excluding hydrogens is 284 g/mol. The van der Waals surface area contributed by atoms with Gasteiger partial charge in [0.1, 0.15) is 16.1 Å². The Morgan fingerprint density at radius 2 is 2.29 bits per heavy atom. The van der Waals surface area contributed by atoms with Crippen molar-refractivity contribution in [1.29, 1.82) is 0 Å². The molecule has 88 valence electrons. The molecule has 2 aromatic rings. The van der Waals surface area contributed by atoms with Gasteiger partial charge in [-0.3, -0.25) is 4.79 Å². The van der Waals surface area contributed by atoms with Gasteiger partial charge in [0.2, 0.25) is 0 Å². The summed E-state index contributed by atoms with van der Waals surface area (Å²) in [5.74, 6) is 1.78. The van der Waals surface area contributed by atoms with Crippen molar-refractivity contribution >= 4 is 15.9 Å². The second-order valence-corrected chi connectivity index (χ2v) is 5.07. The van der Waals surface area contributed by atoms with Crippen LogP contribution in [0, 0.1) is 6.92 Å². The van der Waals surface area contributed by atoms with E-state index in [9.17, 15) is 4.79 Å². The van der Waals surface area contributed by atoms with Crippen LogP contribution in [0.1, 0.15) is 30.2 Å². The fraction of sp³-hybridized carbons (Fsp3) is 0.333. The van der Waals surface area contributed by atoms with Crippen LogP contribution >= 0.6 is 15.9 Å². The van der Waals surface area contributed by atoms with Crippen LogP contribution in [0.5, 0.6) is 0 Å². The smallest absolute Gasteiger partial charge is 0.265 e. The third-order valence-electron chi connectivity index (χ3n) is 2.97. The number of aromatic amines is 1. The van der Waals surface area contributed by atoms with Gasteiger partial charge in [0.05, 0.1) is 17.5 Å². The van der Waals surface area contributed by atoms with Crippen molar-refractivity contribution in [2.75, 3.05) is 0 Å². The number of halogens is 1. The van der Waals surface area contributed by atoms with Crippen LogP contribution in [0.2, 0.25) is 0 Å². The summed E-state index contributed by atoms with van der Waals surface area (Å²) in [4.78, 5) is 19.1. The van der Waals surface area contributed by atoms with E-state index in [1.807, 2.05) is 13.0 Å². The number of aromatic nitrogens is 2. The zero-order valence-electron chi connectivity index (χ0n) is 9.29. The topological polar surface area (TPSA) is 58.9 Å². The van der Waals surface area contributed by atoms with Gasteiger partial charge in [-0.15, -0.1) is 0 Å². The fourth-order valence-electron chi connectivity index (χ4n) is 1.86. The van der Waals surface area contributed by atoms with Crippen molar-refractivity contribution in [3.8, 4) is 11.4 Å². The van der Waals surface area contributed by atoms with Crippen LogP contribution in [0.4, 0.5) is 0 Å². The largest absolute Gasteiger partial charge is 0.469 e. The Bertz CT molecular complexity index is 626. The van der Waals surface area contributed by atoms with Crippen LogP contribution in [-0.4, -0.2) is 9.97 Å². The highest BCUT2D eigenvalue weighted by molar-refractivity contribution is 9.10. The molecule has 0 amide bonds. The van der Waals surface area contributed by atoms with E-state index < -0.39 is 0 Å². The minimum absolute atomic E-state index is 0.127. The maximum Gasteiger partial charge on any atom is 0.265 e. The van der Waals surface area contributed by atoms with E-state index in [2.05, 4.69) is 25.9 Å². The normalized spacial score (nSPS) is 15.2. The lowest BCUT2D eigenvalue weighted by molar-refractivity contribution is 0.535. The molecule has 2 aromatic heterocycles. The van der Waals surface area contributed by atoms with E-state index in [0.717, 1.165) is 29.9 Å². The molecule has 0 atom stereocenters. The number of furan rings is 1. The Labute approximate surface area is 106 Å². The number of aryl methyl sites for hydroxylation is 1. The molecule has 1 N–H and O–H groups in total. The van der Waals surface area contributed by atoms with Crippen molar-refractivity contribution in [2.45, 2.75) is 25.7 Å². The first-order chi connectivity index (χ1) is 8.16. The Hall–Kier alpha value is -1.36. The number of nitrogens with one attached hydrogen (secondary N) is 1. The monoisotopic (exact) mass is 294 g/mol. The minimum Gasteiger partial charge on any atom is -0.469 e. The summed E-state index contributed by atoms with van der Waals surface area (Å²) in [7, 11) is 0. The third-order valence-corrected chi connectivity index (χ3v) is 3.73. The molecule has 4 nitrogen and oxygen atoms in total. The van der Waals surface area contributed by atoms with E-state index in [1.165, 1.54) is 0 Å². The van der Waals surface area contributed by atoms with Crippen LogP contribution in [-0.2, 0) is 0 Å². The second-order valence-electron chi connectivity index (χ2n) is 4.28. The Kier molecular flexibility index (Phi) is 2.43. The van der Waals surface area contributed by atoms with Gasteiger partial charge in [-0.1, -0.05) is 0 Å². The molecule has 0 unspecified atom stereocenters. The van der Waals surface area contributed by atoms with Gasteiger partial charge >= 0.3 is 0 Å². The number of H-pyrrole nitrogens is 1. The van der Waals surface area contributed by atoms with Crippen molar-refractivity contribution in [2.24, 2.45) is 0 Å². The molecule has 1 aliphatic carbocycles. The SMILES string of the molecule is Cc1occc1-c1nc(C2CC2)c(Br)c(=O)[nH]1. The molecule has 0 saturated heterocycles. The van der Waals surface area contributed by atoms with Crippen LogP contribution < -0.4 is 5.56 Å². The lowest BCUT2D eigenvalue weighted by atomic mass is 10.2. The molecule has 5 heteroatoms. The standard InChI is InChI=1S/C12H11BrN2O2/c1-6-8(4-5-17-6)11-14-10(7-2-3-7)9(13)12(16)15-11/h4-5,7H,2-3H2,1H3,(H,14,15,16). The Morgan fingerprint density at radius 3 is 2.88 bits per heavy atom. The van der Waals surface area contributed by atoms with Gasteiger partial charge in [-0.25, -0.2) is 4.98 Å². The summed E-state index contributed by atoms with van der Waals surface area (Å²) in [6, 6.07) is 1.82. The van der Waals surface area contributed by atoms with Gasteiger partial charge in [0, 0.05) is 5.92 Å². The molecule has 0 bridgehead atoms. The fourth-order valence-corrected chi connectivity index (χ4v) is 2.37. The van der Waals surface area contributed by atoms with Gasteiger partial charge in [-0.05, 0) is 41.8 Å². The number of hydrogen-bond donors (Lipinski definition) is 1. The molecule has 0 radical (unpaired) electrons. The first-order valence-corrected chi connectivity index (χ1v) is 6.30. The first kappa shape index (κ1) is 10.8. The highest BCUT2D eigenvalue weighted by Gasteiger charge is 2.29. The Balaban J connectivity index is 2.18. The predicted molar refractivity (Wildman–Crippen MR) is 67.0 cm³/mol. The molecule has 17 heavy (non-hydrogen) atoms. The number of hydrogen-bond acceptors (Lipinski definition) is 3. The number of nitrogens with zero attached hydrogens (tertiary/aromatic N) is 1. The summed E-state index contributed by atoms with van der Waals surface area (Å²) >= 11 is 3.31. The van der Waals surface area contributed by atoms with Crippen LogP contribution in [0.3, 0.4) is 0 Å². The molecule has 3 rings (SSSR count). The zero-order chi connectivity index (χ0) is 12.0. The van der Waals surface area contributed by atoms with E-state index in [4.69, 9.17) is 4.42 Å². The van der Waals surface area contributed by atoms with E-state index in [1.54, 1.807) is 6.26 Å². The second kappa shape index (κ2) is 3.84. The van der Waals surface area contributed by atoms with Gasteiger partial charge in [-0.2, -0.15) is 0 Å². The molecule has 0 spiro atoms. The van der Waals surface area contributed by atoms with Gasteiger partial charge < -0.3 is 9.40 Å². The molecular formula is C12H11BrN2O2. The van der Waals surface area contributed by atoms with Crippen LogP contribution in [0.15, 0.2) is 26.0 Å². The summed E-state index contributed by atoms with van der Waals surface area (Å²) in [6.07, 6.45) is 3.82. The van der Waals surface area contributed by atoms with Crippen molar-refractivity contribution in [3.05, 3.63) is 38.6 Å². The average Bonchev–Trinajstić information content (AvgIpc) is 3.05. The van der Waals surface area contributed by atoms with Crippen molar-refractivity contribution in [1.82, 2.24) is 9.97 Å². The van der Waals surface area contributed by atoms with Crippen molar-refractivity contribution < 1.29 is 4.42 Å². The molecule has 1 fully saturated rings. The highest BCUT2D eigenvalue weighted by atomic mass is 79.9. The molecule has 0 aliphatic heterocycles. The van der Waals surface area contributed by atoms with Gasteiger partial charge in [0.25, 0.3) is 5.56 Å². The zero-order valence-corrected chi connectivity index (χ0v) is 10.9. The van der Waals surface area contributed by atoms with Gasteiger partial charge in [0.15, 0.2) is 0 Å². The third kappa shape index (κ3) is 1.84. The highest BCUT2D eigenvalue weighted by Crippen LogP contribution is 2.41. The minimum atomic E-state index is -0.127. The molecule has 1 saturated carbocycles. The van der Waals surface area contributed by atoms with E-state index in [0.29, 0.717) is 16.2 Å². The van der Waals surface area contributed by atoms with E-state index >= 15 is 0 Å². The number of rotatable bonds is 2. The Morgan fingerprint density at radius 1 is 1.53 bits per heavy atom. The van der Waals surface area contributed by atoms with E-state index in [-0.39, 0.29) is 5.56 Å². The van der Waals surface area contributed by atoms with Crippen molar-refractivity contribution in [3.63, 3.8) is 0 Å². The molecule has 0 aromatic carbocycles. The molecule has 2 heterocycles. The quantitative estimate of drug-likeness (QED) is 0.926. The maximum absolute atomic E-state index is 11.8.